The van der Waals surface area contributed by atoms with Crippen LogP contribution in [0.25, 0.3) is 0 Å². The van der Waals surface area contributed by atoms with E-state index in [0.717, 1.165) is 19.0 Å². The Labute approximate surface area is 135 Å². The summed E-state index contributed by atoms with van der Waals surface area (Å²) in [5.41, 5.74) is 0.715. The number of rotatable bonds is 5. The van der Waals surface area contributed by atoms with Crippen molar-refractivity contribution in [2.45, 2.75) is 24.8 Å². The van der Waals surface area contributed by atoms with Crippen LogP contribution in [0.3, 0.4) is 0 Å². The number of benzene rings is 1. The van der Waals surface area contributed by atoms with E-state index < -0.39 is 11.6 Å². The summed E-state index contributed by atoms with van der Waals surface area (Å²) in [4.78, 5) is 11.8. The van der Waals surface area contributed by atoms with Gasteiger partial charge in [-0.15, -0.1) is 12.4 Å². The highest BCUT2D eigenvalue weighted by atomic mass is 35.5. The van der Waals surface area contributed by atoms with E-state index in [1.165, 1.54) is 6.07 Å². The Balaban J connectivity index is 0.00000242. The van der Waals surface area contributed by atoms with Gasteiger partial charge in [0.15, 0.2) is 11.6 Å². The van der Waals surface area contributed by atoms with Gasteiger partial charge in [-0.3, -0.25) is 4.79 Å². The summed E-state index contributed by atoms with van der Waals surface area (Å²) >= 11 is 0. The molecule has 22 heavy (non-hydrogen) atoms. The summed E-state index contributed by atoms with van der Waals surface area (Å²) in [5.74, 6) is -1.82. The molecule has 1 amide bonds. The third-order valence-corrected chi connectivity index (χ3v) is 3.73. The number of hydrogen-bond acceptors (Lipinski definition) is 3. The molecule has 0 saturated carbocycles. The first-order chi connectivity index (χ1) is 10.1. The SMILES string of the molecule is COCCC(=O)NC1CNCCC1c1ccc(F)c(F)c1.Cl. The van der Waals surface area contributed by atoms with Crippen molar-refractivity contribution in [3.05, 3.63) is 35.4 Å². The number of carbonyl (C=O) groups excluding carboxylic acids is 1. The maximum Gasteiger partial charge on any atom is 0.222 e. The topological polar surface area (TPSA) is 50.4 Å². The van der Waals surface area contributed by atoms with Crippen LogP contribution in [0, 0.1) is 11.6 Å². The maximum absolute atomic E-state index is 13.4. The molecule has 7 heteroatoms. The molecule has 2 atom stereocenters. The monoisotopic (exact) mass is 334 g/mol. The van der Waals surface area contributed by atoms with E-state index in [9.17, 15) is 13.6 Å². The standard InChI is InChI=1S/C15H20F2N2O2.ClH/c1-21-7-5-15(20)19-14-9-18-6-4-11(14)10-2-3-12(16)13(17)8-10;/h2-3,8,11,14,18H,4-7,9H2,1H3,(H,19,20);1H. The minimum Gasteiger partial charge on any atom is -0.384 e. The molecular weight excluding hydrogens is 314 g/mol. The predicted octanol–water partition coefficient (Wildman–Crippen LogP) is 1.98. The van der Waals surface area contributed by atoms with Gasteiger partial charge in [-0.25, -0.2) is 8.78 Å². The average molecular weight is 335 g/mol. The van der Waals surface area contributed by atoms with Gasteiger partial charge in [0.25, 0.3) is 0 Å². The van der Waals surface area contributed by atoms with Crippen molar-refractivity contribution in [3.63, 3.8) is 0 Å². The number of nitrogens with one attached hydrogen (secondary N) is 2. The van der Waals surface area contributed by atoms with Crippen LogP contribution in [-0.2, 0) is 9.53 Å². The lowest BCUT2D eigenvalue weighted by atomic mass is 9.86. The van der Waals surface area contributed by atoms with Crippen LogP contribution in [-0.4, -0.2) is 38.8 Å². The molecule has 1 aliphatic rings. The molecule has 0 bridgehead atoms. The smallest absolute Gasteiger partial charge is 0.222 e. The van der Waals surface area contributed by atoms with E-state index in [4.69, 9.17) is 4.74 Å². The number of halogens is 3. The Bertz CT molecular complexity index is 502. The van der Waals surface area contributed by atoms with Crippen LogP contribution in [0.15, 0.2) is 18.2 Å². The van der Waals surface area contributed by atoms with Crippen LogP contribution in [0.5, 0.6) is 0 Å². The van der Waals surface area contributed by atoms with Gasteiger partial charge in [0, 0.05) is 32.0 Å². The fourth-order valence-corrected chi connectivity index (χ4v) is 2.63. The predicted molar refractivity (Wildman–Crippen MR) is 82.3 cm³/mol. The van der Waals surface area contributed by atoms with Gasteiger partial charge < -0.3 is 15.4 Å². The Hall–Kier alpha value is -1.24. The first-order valence-corrected chi connectivity index (χ1v) is 7.05. The van der Waals surface area contributed by atoms with Crippen LogP contribution in [0.2, 0.25) is 0 Å². The molecule has 2 unspecified atom stereocenters. The molecule has 4 nitrogen and oxygen atoms in total. The highest BCUT2D eigenvalue weighted by molar-refractivity contribution is 5.85. The summed E-state index contributed by atoms with van der Waals surface area (Å²) in [5, 5.41) is 6.15. The summed E-state index contributed by atoms with van der Waals surface area (Å²) in [7, 11) is 1.54. The van der Waals surface area contributed by atoms with Crippen molar-refractivity contribution in [2.75, 3.05) is 26.8 Å². The Morgan fingerprint density at radius 1 is 1.41 bits per heavy atom. The first-order valence-electron chi connectivity index (χ1n) is 7.05. The normalized spacial score (nSPS) is 21.0. The number of piperidine rings is 1. The summed E-state index contributed by atoms with van der Waals surface area (Å²) in [6, 6.07) is 3.81. The fraction of sp³-hybridized carbons (Fsp3) is 0.533. The van der Waals surface area contributed by atoms with E-state index in [1.807, 2.05) is 0 Å². The number of amides is 1. The third kappa shape index (κ3) is 4.90. The molecule has 1 aliphatic heterocycles. The molecule has 1 aromatic rings. The van der Waals surface area contributed by atoms with Gasteiger partial charge in [0.2, 0.25) is 5.91 Å². The van der Waals surface area contributed by atoms with Crippen molar-refractivity contribution in [3.8, 4) is 0 Å². The van der Waals surface area contributed by atoms with Gasteiger partial charge in [0.05, 0.1) is 6.61 Å². The number of hydrogen-bond donors (Lipinski definition) is 2. The largest absolute Gasteiger partial charge is 0.384 e. The molecule has 0 radical (unpaired) electrons. The molecular formula is C15H21ClF2N2O2. The van der Waals surface area contributed by atoms with Crippen molar-refractivity contribution in [2.24, 2.45) is 0 Å². The minimum absolute atomic E-state index is 0. The Morgan fingerprint density at radius 2 is 2.18 bits per heavy atom. The molecule has 1 heterocycles. The molecule has 0 spiro atoms. The Kier molecular flexibility index (Phi) is 7.72. The van der Waals surface area contributed by atoms with Gasteiger partial charge >= 0.3 is 0 Å². The maximum atomic E-state index is 13.4. The highest BCUT2D eigenvalue weighted by Gasteiger charge is 2.28. The quantitative estimate of drug-likeness (QED) is 0.866. The summed E-state index contributed by atoms with van der Waals surface area (Å²) in [6.45, 7) is 1.76. The van der Waals surface area contributed by atoms with Crippen molar-refractivity contribution in [1.82, 2.24) is 10.6 Å². The zero-order chi connectivity index (χ0) is 15.2. The van der Waals surface area contributed by atoms with E-state index in [2.05, 4.69) is 10.6 Å². The van der Waals surface area contributed by atoms with Gasteiger partial charge in [-0.2, -0.15) is 0 Å². The molecule has 0 aliphatic carbocycles. The van der Waals surface area contributed by atoms with E-state index in [1.54, 1.807) is 13.2 Å². The fourth-order valence-electron chi connectivity index (χ4n) is 2.63. The second kappa shape index (κ2) is 9.02. The molecule has 1 saturated heterocycles. The number of methoxy groups -OCH3 is 1. The molecule has 2 N–H and O–H groups in total. The molecule has 1 fully saturated rings. The number of carbonyl (C=O) groups is 1. The summed E-state index contributed by atoms with van der Waals surface area (Å²) < 4.78 is 31.3. The Morgan fingerprint density at radius 3 is 2.86 bits per heavy atom. The van der Waals surface area contributed by atoms with E-state index >= 15 is 0 Å². The lowest BCUT2D eigenvalue weighted by Gasteiger charge is -2.33. The van der Waals surface area contributed by atoms with Gasteiger partial charge in [-0.05, 0) is 30.7 Å². The third-order valence-electron chi connectivity index (χ3n) is 3.73. The van der Waals surface area contributed by atoms with E-state index in [-0.39, 0.29) is 36.7 Å². The molecule has 2 rings (SSSR count). The van der Waals surface area contributed by atoms with Crippen LogP contribution in [0.4, 0.5) is 8.78 Å². The summed E-state index contributed by atoms with van der Waals surface area (Å²) in [6.07, 6.45) is 1.05. The highest BCUT2D eigenvalue weighted by Crippen LogP contribution is 2.27. The van der Waals surface area contributed by atoms with Crippen molar-refractivity contribution in [1.29, 1.82) is 0 Å². The average Bonchev–Trinajstić information content (AvgIpc) is 2.48. The van der Waals surface area contributed by atoms with E-state index in [0.29, 0.717) is 18.7 Å². The minimum atomic E-state index is -0.853. The van der Waals surface area contributed by atoms with Crippen LogP contribution >= 0.6 is 12.4 Å². The molecule has 124 valence electrons. The van der Waals surface area contributed by atoms with Crippen LogP contribution < -0.4 is 10.6 Å². The van der Waals surface area contributed by atoms with Crippen molar-refractivity contribution >= 4 is 18.3 Å². The zero-order valence-corrected chi connectivity index (χ0v) is 13.2. The lowest BCUT2D eigenvalue weighted by Crippen LogP contribution is -2.50. The van der Waals surface area contributed by atoms with Gasteiger partial charge in [0.1, 0.15) is 0 Å². The zero-order valence-electron chi connectivity index (χ0n) is 12.4. The lowest BCUT2D eigenvalue weighted by molar-refractivity contribution is -0.122. The van der Waals surface area contributed by atoms with Crippen LogP contribution in [0.1, 0.15) is 24.3 Å². The number of ether oxygens (including phenoxy) is 1. The first kappa shape index (κ1) is 18.8. The molecule has 0 aromatic heterocycles. The van der Waals surface area contributed by atoms with Gasteiger partial charge in [-0.1, -0.05) is 6.07 Å². The van der Waals surface area contributed by atoms with Crippen molar-refractivity contribution < 1.29 is 18.3 Å². The second-order valence-electron chi connectivity index (χ2n) is 5.19. The second-order valence-corrected chi connectivity index (χ2v) is 5.19. The molecule has 1 aromatic carbocycles.